The Labute approximate surface area is 118 Å². The number of amides is 1. The molecule has 1 aromatic carbocycles. The summed E-state index contributed by atoms with van der Waals surface area (Å²) in [6.07, 6.45) is -3.89. The highest BCUT2D eigenvalue weighted by molar-refractivity contribution is 5.94. The molecule has 4 nitrogen and oxygen atoms in total. The molecule has 0 aliphatic carbocycles. The number of aromatic nitrogens is 2. The second kappa shape index (κ2) is 4.61. The molecule has 1 amide bonds. The molecule has 21 heavy (non-hydrogen) atoms. The van der Waals surface area contributed by atoms with E-state index in [0.717, 1.165) is 5.56 Å². The molecule has 0 fully saturated rings. The number of rotatable bonds is 1. The maximum Gasteiger partial charge on any atom is 0.396 e. The zero-order valence-corrected chi connectivity index (χ0v) is 11.1. The predicted molar refractivity (Wildman–Crippen MR) is 70.3 cm³/mol. The Morgan fingerprint density at radius 1 is 1.38 bits per heavy atom. The Kier molecular flexibility index (Phi) is 3.00. The number of benzene rings is 1. The van der Waals surface area contributed by atoms with E-state index in [1.807, 2.05) is 13.0 Å². The van der Waals surface area contributed by atoms with E-state index in [9.17, 15) is 18.0 Å². The number of fused-ring (bicyclic) bond motifs is 1. The summed E-state index contributed by atoms with van der Waals surface area (Å²) in [5.41, 5.74) is 1.56. The number of nitrogens with zero attached hydrogens (tertiary/aromatic N) is 2. The first-order chi connectivity index (χ1) is 9.86. The minimum atomic E-state index is -4.47. The van der Waals surface area contributed by atoms with Gasteiger partial charge in [0.2, 0.25) is 5.91 Å². The van der Waals surface area contributed by atoms with Gasteiger partial charge >= 0.3 is 6.18 Å². The third-order valence-electron chi connectivity index (χ3n) is 3.46. The number of carbonyl (C=O) groups is 1. The molecule has 2 aromatic rings. The second-order valence-corrected chi connectivity index (χ2v) is 5.05. The highest BCUT2D eigenvalue weighted by atomic mass is 19.4. The van der Waals surface area contributed by atoms with Crippen molar-refractivity contribution in [1.82, 2.24) is 9.78 Å². The van der Waals surface area contributed by atoms with Gasteiger partial charge in [-0.3, -0.25) is 4.79 Å². The van der Waals surface area contributed by atoms with Gasteiger partial charge in [0.05, 0.1) is 17.8 Å². The van der Waals surface area contributed by atoms with E-state index in [0.29, 0.717) is 5.69 Å². The number of carbonyl (C=O) groups excluding carboxylic acids is 1. The molecule has 1 aromatic heterocycles. The van der Waals surface area contributed by atoms with Gasteiger partial charge < -0.3 is 5.32 Å². The highest BCUT2D eigenvalue weighted by Gasteiger charge is 2.46. The van der Waals surface area contributed by atoms with E-state index in [4.69, 9.17) is 0 Å². The van der Waals surface area contributed by atoms with Crippen LogP contribution in [0.15, 0.2) is 30.5 Å². The topological polar surface area (TPSA) is 46.9 Å². The molecular formula is C14H12F3N3O. The van der Waals surface area contributed by atoms with Gasteiger partial charge in [0.25, 0.3) is 0 Å². The van der Waals surface area contributed by atoms with Crippen molar-refractivity contribution in [2.45, 2.75) is 25.4 Å². The zero-order chi connectivity index (χ0) is 15.2. The van der Waals surface area contributed by atoms with Gasteiger partial charge in [-0.2, -0.15) is 18.3 Å². The van der Waals surface area contributed by atoms with Crippen LogP contribution in [0, 0.1) is 6.92 Å². The fourth-order valence-corrected chi connectivity index (χ4v) is 2.47. The van der Waals surface area contributed by atoms with Gasteiger partial charge in [0.1, 0.15) is 5.82 Å². The van der Waals surface area contributed by atoms with Gasteiger partial charge in [-0.25, -0.2) is 4.68 Å². The number of aryl methyl sites for hydroxylation is 1. The molecule has 1 aliphatic heterocycles. The summed E-state index contributed by atoms with van der Waals surface area (Å²) in [5, 5.41) is 6.50. The third kappa shape index (κ3) is 2.39. The summed E-state index contributed by atoms with van der Waals surface area (Å²) in [6, 6.07) is 7.17. The van der Waals surface area contributed by atoms with Crippen LogP contribution in [0.2, 0.25) is 0 Å². The van der Waals surface area contributed by atoms with Gasteiger partial charge in [-0.1, -0.05) is 12.1 Å². The first kappa shape index (κ1) is 13.7. The molecule has 1 aliphatic rings. The standard InChI is InChI=1S/C14H12F3N3O/c1-8-3-2-4-9(5-8)20-13-10(7-18-20)11(14(15,16)17)6-12(21)19-13/h2-5,7,11H,6H2,1H3,(H,19,21). The van der Waals surface area contributed by atoms with E-state index < -0.39 is 24.4 Å². The van der Waals surface area contributed by atoms with Crippen molar-refractivity contribution in [2.75, 3.05) is 5.32 Å². The summed E-state index contributed by atoms with van der Waals surface area (Å²) >= 11 is 0. The van der Waals surface area contributed by atoms with Crippen LogP contribution in [-0.2, 0) is 4.79 Å². The molecular weight excluding hydrogens is 283 g/mol. The third-order valence-corrected chi connectivity index (χ3v) is 3.46. The van der Waals surface area contributed by atoms with Gasteiger partial charge in [-0.05, 0) is 24.6 Å². The van der Waals surface area contributed by atoms with E-state index in [1.165, 1.54) is 10.9 Å². The summed E-state index contributed by atoms with van der Waals surface area (Å²) in [5.74, 6) is -2.36. The van der Waals surface area contributed by atoms with Crippen molar-refractivity contribution in [1.29, 1.82) is 0 Å². The molecule has 2 heterocycles. The van der Waals surface area contributed by atoms with Crippen LogP contribution in [0.25, 0.3) is 5.69 Å². The van der Waals surface area contributed by atoms with Crippen molar-refractivity contribution < 1.29 is 18.0 Å². The molecule has 0 saturated carbocycles. The predicted octanol–water partition coefficient (Wildman–Crippen LogP) is 3.17. The number of anilines is 1. The fourth-order valence-electron chi connectivity index (χ4n) is 2.47. The summed E-state index contributed by atoms with van der Waals surface area (Å²) in [6.45, 7) is 1.87. The zero-order valence-electron chi connectivity index (χ0n) is 11.1. The normalized spacial score (nSPS) is 18.3. The van der Waals surface area contributed by atoms with Gasteiger partial charge in [-0.15, -0.1) is 0 Å². The Balaban J connectivity index is 2.12. The van der Waals surface area contributed by atoms with Crippen molar-refractivity contribution in [3.63, 3.8) is 0 Å². The molecule has 3 rings (SSSR count). The first-order valence-corrected chi connectivity index (χ1v) is 6.38. The molecule has 0 bridgehead atoms. The molecule has 0 saturated heterocycles. The quantitative estimate of drug-likeness (QED) is 0.878. The number of halogens is 3. The lowest BCUT2D eigenvalue weighted by Crippen LogP contribution is -2.31. The number of hydrogen-bond donors (Lipinski definition) is 1. The highest BCUT2D eigenvalue weighted by Crippen LogP contribution is 2.43. The number of nitrogens with one attached hydrogen (secondary N) is 1. The van der Waals surface area contributed by atoms with E-state index in [1.54, 1.807) is 18.2 Å². The Morgan fingerprint density at radius 3 is 2.81 bits per heavy atom. The van der Waals surface area contributed by atoms with E-state index >= 15 is 0 Å². The molecule has 0 radical (unpaired) electrons. The second-order valence-electron chi connectivity index (χ2n) is 5.05. The van der Waals surface area contributed by atoms with Crippen LogP contribution in [0.5, 0.6) is 0 Å². The Hall–Kier alpha value is -2.31. The van der Waals surface area contributed by atoms with Gasteiger partial charge in [0, 0.05) is 12.0 Å². The number of alkyl halides is 3. The smallest absolute Gasteiger partial charge is 0.310 e. The van der Waals surface area contributed by atoms with E-state index in [2.05, 4.69) is 10.4 Å². The lowest BCUT2D eigenvalue weighted by atomic mass is 9.94. The van der Waals surface area contributed by atoms with Crippen LogP contribution in [-0.4, -0.2) is 21.9 Å². The molecule has 7 heteroatoms. The van der Waals surface area contributed by atoms with Crippen molar-refractivity contribution in [3.8, 4) is 5.69 Å². The molecule has 1 atom stereocenters. The monoisotopic (exact) mass is 295 g/mol. The summed E-state index contributed by atoms with van der Waals surface area (Å²) in [4.78, 5) is 11.6. The van der Waals surface area contributed by atoms with Crippen LogP contribution < -0.4 is 5.32 Å². The molecule has 1 N–H and O–H groups in total. The average molecular weight is 295 g/mol. The van der Waals surface area contributed by atoms with Crippen LogP contribution in [0.4, 0.5) is 19.0 Å². The molecule has 110 valence electrons. The Bertz CT molecular complexity index is 706. The fraction of sp³-hybridized carbons (Fsp3) is 0.286. The minimum Gasteiger partial charge on any atom is -0.310 e. The largest absolute Gasteiger partial charge is 0.396 e. The maximum absolute atomic E-state index is 13.1. The SMILES string of the molecule is Cc1cccc(-n2ncc3c2NC(=O)CC3C(F)(F)F)c1. The molecule has 0 spiro atoms. The maximum atomic E-state index is 13.1. The average Bonchev–Trinajstić information content (AvgIpc) is 2.80. The van der Waals surface area contributed by atoms with Gasteiger partial charge in [0.15, 0.2) is 0 Å². The molecule has 1 unspecified atom stereocenters. The van der Waals surface area contributed by atoms with Crippen molar-refractivity contribution in [3.05, 3.63) is 41.6 Å². The lowest BCUT2D eigenvalue weighted by Gasteiger charge is -2.25. The van der Waals surface area contributed by atoms with Crippen LogP contribution >= 0.6 is 0 Å². The summed E-state index contributed by atoms with van der Waals surface area (Å²) < 4.78 is 40.5. The van der Waals surface area contributed by atoms with E-state index in [-0.39, 0.29) is 11.4 Å². The van der Waals surface area contributed by atoms with Crippen LogP contribution in [0.1, 0.15) is 23.5 Å². The lowest BCUT2D eigenvalue weighted by molar-refractivity contribution is -0.156. The number of hydrogen-bond acceptors (Lipinski definition) is 2. The first-order valence-electron chi connectivity index (χ1n) is 6.38. The minimum absolute atomic E-state index is 0.00334. The van der Waals surface area contributed by atoms with Crippen LogP contribution in [0.3, 0.4) is 0 Å². The Morgan fingerprint density at radius 2 is 2.14 bits per heavy atom. The van der Waals surface area contributed by atoms with Crippen molar-refractivity contribution in [2.24, 2.45) is 0 Å². The summed E-state index contributed by atoms with van der Waals surface area (Å²) in [7, 11) is 0. The van der Waals surface area contributed by atoms with Crippen molar-refractivity contribution >= 4 is 11.7 Å².